The second kappa shape index (κ2) is 11.1. The van der Waals surface area contributed by atoms with Crippen LogP contribution >= 0.6 is 0 Å². The maximum absolute atomic E-state index is 6.29. The van der Waals surface area contributed by atoms with Gasteiger partial charge in [-0.05, 0) is 79.5 Å². The molecule has 0 aliphatic carbocycles. The predicted molar refractivity (Wildman–Crippen MR) is 221 cm³/mol. The Kier molecular flexibility index (Phi) is 5.99. The van der Waals surface area contributed by atoms with Crippen molar-refractivity contribution in [1.29, 1.82) is 0 Å². The van der Waals surface area contributed by atoms with Gasteiger partial charge in [0.1, 0.15) is 22.3 Å². The highest BCUT2D eigenvalue weighted by atomic mass is 16.3. The molecule has 0 saturated carbocycles. The molecule has 0 amide bonds. The summed E-state index contributed by atoms with van der Waals surface area (Å²) in [4.78, 5) is 15.6. The van der Waals surface area contributed by atoms with Crippen LogP contribution in [0.4, 0.5) is 0 Å². The Labute approximate surface area is 307 Å². The predicted octanol–water partition coefficient (Wildman–Crippen LogP) is 13.3. The van der Waals surface area contributed by atoms with Crippen molar-refractivity contribution in [1.82, 2.24) is 15.0 Å². The molecular weight excluding hydrogens is 663 g/mol. The summed E-state index contributed by atoms with van der Waals surface area (Å²) in [7, 11) is 0. The number of rotatable bonds is 3. The number of aromatic nitrogens is 3. The lowest BCUT2D eigenvalue weighted by Crippen LogP contribution is -2.00. The van der Waals surface area contributed by atoms with Gasteiger partial charge in [0.15, 0.2) is 17.5 Å². The zero-order valence-electron chi connectivity index (χ0n) is 28.7. The van der Waals surface area contributed by atoms with E-state index in [9.17, 15) is 0 Å². The Morgan fingerprint density at radius 1 is 0.296 bits per heavy atom. The van der Waals surface area contributed by atoms with Crippen LogP contribution in [-0.2, 0) is 0 Å². The molecule has 0 spiro atoms. The molecule has 0 saturated heterocycles. The Morgan fingerprint density at radius 2 is 0.796 bits per heavy atom. The van der Waals surface area contributed by atoms with Crippen molar-refractivity contribution in [2.75, 3.05) is 0 Å². The van der Waals surface area contributed by atoms with Gasteiger partial charge < -0.3 is 8.83 Å². The van der Waals surface area contributed by atoms with Crippen molar-refractivity contribution < 1.29 is 8.83 Å². The van der Waals surface area contributed by atoms with E-state index in [1.165, 1.54) is 26.9 Å². The van der Waals surface area contributed by atoms with Gasteiger partial charge in [-0.2, -0.15) is 0 Å². The molecule has 9 aromatic carbocycles. The monoisotopic (exact) mass is 689 g/mol. The highest BCUT2D eigenvalue weighted by Gasteiger charge is 2.19. The smallest absolute Gasteiger partial charge is 0.164 e. The maximum atomic E-state index is 6.29. The molecule has 0 radical (unpaired) electrons. The fourth-order valence-electron chi connectivity index (χ4n) is 8.38. The SMILES string of the molecule is c1ccc2c(c1)ccc1ccc3cc(-c4nc(-c5ccc6c(ccc7oc8ccccc8c76)c5)nc(-c5cccc6oc7ccccc7c56)n4)ccc3c12. The van der Waals surface area contributed by atoms with E-state index in [2.05, 4.69) is 121 Å². The molecule has 0 unspecified atom stereocenters. The summed E-state index contributed by atoms with van der Waals surface area (Å²) < 4.78 is 12.5. The van der Waals surface area contributed by atoms with Crippen molar-refractivity contribution in [2.45, 2.75) is 0 Å². The van der Waals surface area contributed by atoms with Gasteiger partial charge >= 0.3 is 0 Å². The topological polar surface area (TPSA) is 65.0 Å². The maximum Gasteiger partial charge on any atom is 0.164 e. The molecule has 0 fully saturated rings. The first-order chi connectivity index (χ1) is 26.7. The average Bonchev–Trinajstić information content (AvgIpc) is 3.82. The fraction of sp³-hybridized carbons (Fsp3) is 0. The van der Waals surface area contributed by atoms with Crippen LogP contribution in [0.5, 0.6) is 0 Å². The first kappa shape index (κ1) is 29.2. The van der Waals surface area contributed by atoms with Gasteiger partial charge in [-0.15, -0.1) is 0 Å². The lowest BCUT2D eigenvalue weighted by molar-refractivity contribution is 0.668. The third-order valence-electron chi connectivity index (χ3n) is 10.9. The lowest BCUT2D eigenvalue weighted by Gasteiger charge is -2.12. The van der Waals surface area contributed by atoms with Crippen LogP contribution in [0.15, 0.2) is 173 Å². The summed E-state index contributed by atoms with van der Waals surface area (Å²) in [5, 5.41) is 13.7. The number of fused-ring (bicyclic) bond motifs is 13. The zero-order chi connectivity index (χ0) is 35.3. The normalized spacial score (nSPS) is 12.1. The molecule has 12 aromatic rings. The molecule has 0 atom stereocenters. The van der Waals surface area contributed by atoms with Gasteiger partial charge in [-0.25, -0.2) is 15.0 Å². The van der Waals surface area contributed by atoms with E-state index >= 15 is 0 Å². The van der Waals surface area contributed by atoms with Crippen molar-refractivity contribution in [3.63, 3.8) is 0 Å². The van der Waals surface area contributed by atoms with Gasteiger partial charge in [0.2, 0.25) is 0 Å². The van der Waals surface area contributed by atoms with E-state index in [0.717, 1.165) is 76.7 Å². The molecule has 0 N–H and O–H groups in total. The quantitative estimate of drug-likeness (QED) is 0.173. The minimum atomic E-state index is 0.591. The zero-order valence-corrected chi connectivity index (χ0v) is 28.7. The molecule has 5 nitrogen and oxygen atoms in total. The summed E-state index contributed by atoms with van der Waals surface area (Å²) in [6, 6.07) is 57.0. The van der Waals surface area contributed by atoms with E-state index in [4.69, 9.17) is 23.8 Å². The molecule has 250 valence electrons. The van der Waals surface area contributed by atoms with E-state index in [1.54, 1.807) is 0 Å². The number of benzene rings is 9. The third-order valence-corrected chi connectivity index (χ3v) is 10.9. The second-order valence-corrected chi connectivity index (χ2v) is 13.9. The van der Waals surface area contributed by atoms with Crippen molar-refractivity contribution >= 4 is 87.0 Å². The van der Waals surface area contributed by atoms with Gasteiger partial charge in [0.05, 0.1) is 0 Å². The number of hydrogen-bond donors (Lipinski definition) is 0. The Balaban J connectivity index is 1.09. The molecule has 0 bridgehead atoms. The van der Waals surface area contributed by atoms with Crippen LogP contribution in [0, 0.1) is 0 Å². The lowest BCUT2D eigenvalue weighted by atomic mass is 9.95. The number of hydrogen-bond acceptors (Lipinski definition) is 5. The molecule has 12 rings (SSSR count). The van der Waals surface area contributed by atoms with E-state index in [0.29, 0.717) is 17.5 Å². The molecule has 3 aromatic heterocycles. The summed E-state index contributed by atoms with van der Waals surface area (Å²) in [5.74, 6) is 1.80. The summed E-state index contributed by atoms with van der Waals surface area (Å²) in [5.41, 5.74) is 6.10. The minimum absolute atomic E-state index is 0.591. The highest BCUT2D eigenvalue weighted by Crippen LogP contribution is 2.39. The summed E-state index contributed by atoms with van der Waals surface area (Å²) in [6.07, 6.45) is 0. The minimum Gasteiger partial charge on any atom is -0.456 e. The third kappa shape index (κ3) is 4.30. The first-order valence-electron chi connectivity index (χ1n) is 18.1. The van der Waals surface area contributed by atoms with Crippen molar-refractivity contribution in [2.24, 2.45) is 0 Å². The first-order valence-corrected chi connectivity index (χ1v) is 18.1. The Hall–Kier alpha value is -7.37. The van der Waals surface area contributed by atoms with Crippen LogP contribution < -0.4 is 0 Å². The van der Waals surface area contributed by atoms with Crippen LogP contribution in [-0.4, -0.2) is 15.0 Å². The van der Waals surface area contributed by atoms with E-state index < -0.39 is 0 Å². The van der Waals surface area contributed by atoms with Gasteiger partial charge in [-0.3, -0.25) is 0 Å². The molecule has 0 aliphatic rings. The van der Waals surface area contributed by atoms with Crippen molar-refractivity contribution in [3.05, 3.63) is 164 Å². The van der Waals surface area contributed by atoms with Crippen LogP contribution in [0.1, 0.15) is 0 Å². The summed E-state index contributed by atoms with van der Waals surface area (Å²) >= 11 is 0. The van der Waals surface area contributed by atoms with Gasteiger partial charge in [0.25, 0.3) is 0 Å². The molecule has 5 heteroatoms. The largest absolute Gasteiger partial charge is 0.456 e. The Bertz CT molecular complexity index is 3520. The highest BCUT2D eigenvalue weighted by molar-refractivity contribution is 6.21. The van der Waals surface area contributed by atoms with E-state index in [-0.39, 0.29) is 0 Å². The Morgan fingerprint density at radius 3 is 1.52 bits per heavy atom. The van der Waals surface area contributed by atoms with Crippen molar-refractivity contribution in [3.8, 4) is 34.2 Å². The summed E-state index contributed by atoms with van der Waals surface area (Å²) in [6.45, 7) is 0. The molecular formula is C49H27N3O2. The van der Waals surface area contributed by atoms with Gasteiger partial charge in [-0.1, -0.05) is 127 Å². The van der Waals surface area contributed by atoms with Gasteiger partial charge in [0, 0.05) is 38.2 Å². The van der Waals surface area contributed by atoms with Crippen LogP contribution in [0.3, 0.4) is 0 Å². The molecule has 54 heavy (non-hydrogen) atoms. The average molecular weight is 690 g/mol. The molecule has 3 heterocycles. The number of nitrogens with zero attached hydrogens (tertiary/aromatic N) is 3. The van der Waals surface area contributed by atoms with Crippen LogP contribution in [0.2, 0.25) is 0 Å². The second-order valence-electron chi connectivity index (χ2n) is 13.9. The number of furan rings is 2. The number of para-hydroxylation sites is 2. The van der Waals surface area contributed by atoms with E-state index in [1.807, 2.05) is 42.5 Å². The standard InChI is InChI=1S/C49H27N3O2/c1-2-9-34-28(8-1)16-17-29-18-19-30-26-32(20-23-35(30)44(29)34)47-50-48(52-49(51-47)39-12-7-15-42-46(39)38-11-4-6-14-41(38)53-42)33-21-24-36-31(27-33)22-25-43-45(36)37-10-3-5-13-40(37)54-43/h1-27H. The molecule has 0 aliphatic heterocycles. The van der Waals surface area contributed by atoms with Crippen LogP contribution in [0.25, 0.3) is 121 Å². The fourth-order valence-corrected chi connectivity index (χ4v) is 8.38.